The van der Waals surface area contributed by atoms with Crippen molar-refractivity contribution >= 4 is 16.8 Å². The Morgan fingerprint density at radius 3 is 2.48 bits per heavy atom. The Hall–Kier alpha value is -2.45. The molecule has 0 aliphatic heterocycles. The van der Waals surface area contributed by atoms with Gasteiger partial charge in [-0.2, -0.15) is 0 Å². The standard InChI is InChI=1S/C21H20FN/c1-23(15-5-6-17-11-13-20(22)14-12-17)16-19-9-4-8-18-7-2-3-10-21(18)19/h2-14H,15-16H2,1H3/b6-5+. The van der Waals surface area contributed by atoms with Gasteiger partial charge < -0.3 is 0 Å². The number of hydrogen-bond donors (Lipinski definition) is 0. The Morgan fingerprint density at radius 2 is 1.65 bits per heavy atom. The molecule has 0 aromatic heterocycles. The van der Waals surface area contributed by atoms with E-state index in [1.54, 1.807) is 12.1 Å². The number of nitrogens with zero attached hydrogens (tertiary/aromatic N) is 1. The van der Waals surface area contributed by atoms with Crippen LogP contribution >= 0.6 is 0 Å². The minimum absolute atomic E-state index is 0.199. The SMILES string of the molecule is CN(C/C=C/c1ccc(F)cc1)Cc1cccc2ccccc12. The average Bonchev–Trinajstić information content (AvgIpc) is 2.57. The minimum Gasteiger partial charge on any atom is -0.298 e. The van der Waals surface area contributed by atoms with Crippen LogP contribution in [0.2, 0.25) is 0 Å². The molecule has 0 N–H and O–H groups in total. The second kappa shape index (κ2) is 7.21. The molecular formula is C21H20FN. The Balaban J connectivity index is 1.64. The third-order valence-corrected chi connectivity index (χ3v) is 3.92. The zero-order valence-electron chi connectivity index (χ0n) is 13.2. The molecule has 0 aliphatic rings. The molecule has 0 spiro atoms. The van der Waals surface area contributed by atoms with Crippen molar-refractivity contribution < 1.29 is 4.39 Å². The molecule has 0 aliphatic carbocycles. The fraction of sp³-hybridized carbons (Fsp3) is 0.143. The van der Waals surface area contributed by atoms with Crippen LogP contribution in [-0.2, 0) is 6.54 Å². The van der Waals surface area contributed by atoms with Crippen molar-refractivity contribution in [2.75, 3.05) is 13.6 Å². The molecular weight excluding hydrogens is 285 g/mol. The second-order valence-corrected chi connectivity index (χ2v) is 5.79. The molecule has 116 valence electrons. The van der Waals surface area contributed by atoms with E-state index in [9.17, 15) is 4.39 Å². The lowest BCUT2D eigenvalue weighted by molar-refractivity contribution is 0.365. The maximum absolute atomic E-state index is 12.9. The summed E-state index contributed by atoms with van der Waals surface area (Å²) in [5.74, 6) is -0.199. The van der Waals surface area contributed by atoms with Crippen LogP contribution in [-0.4, -0.2) is 18.5 Å². The van der Waals surface area contributed by atoms with Crippen molar-refractivity contribution in [3.63, 3.8) is 0 Å². The summed E-state index contributed by atoms with van der Waals surface area (Å²) < 4.78 is 12.9. The fourth-order valence-corrected chi connectivity index (χ4v) is 2.73. The van der Waals surface area contributed by atoms with Crippen molar-refractivity contribution in [3.8, 4) is 0 Å². The predicted molar refractivity (Wildman–Crippen MR) is 95.7 cm³/mol. The van der Waals surface area contributed by atoms with Crippen molar-refractivity contribution in [1.82, 2.24) is 4.90 Å². The summed E-state index contributed by atoms with van der Waals surface area (Å²) >= 11 is 0. The molecule has 0 saturated carbocycles. The van der Waals surface area contributed by atoms with Gasteiger partial charge in [0.1, 0.15) is 5.82 Å². The Morgan fingerprint density at radius 1 is 0.913 bits per heavy atom. The van der Waals surface area contributed by atoms with Crippen LogP contribution < -0.4 is 0 Å². The second-order valence-electron chi connectivity index (χ2n) is 5.79. The van der Waals surface area contributed by atoms with E-state index in [1.807, 2.05) is 6.08 Å². The quantitative estimate of drug-likeness (QED) is 0.632. The Bertz CT molecular complexity index is 800. The Kier molecular flexibility index (Phi) is 4.84. The van der Waals surface area contributed by atoms with Gasteiger partial charge in [0.15, 0.2) is 0 Å². The van der Waals surface area contributed by atoms with Gasteiger partial charge in [-0.25, -0.2) is 4.39 Å². The van der Waals surface area contributed by atoms with Gasteiger partial charge in [0.25, 0.3) is 0 Å². The lowest BCUT2D eigenvalue weighted by Gasteiger charge is -2.16. The van der Waals surface area contributed by atoms with E-state index < -0.39 is 0 Å². The first-order valence-electron chi connectivity index (χ1n) is 7.80. The van der Waals surface area contributed by atoms with E-state index in [-0.39, 0.29) is 5.82 Å². The molecule has 0 bridgehead atoms. The molecule has 3 aromatic rings. The van der Waals surface area contributed by atoms with Gasteiger partial charge in [-0.1, -0.05) is 66.7 Å². The molecule has 1 nitrogen and oxygen atoms in total. The van der Waals surface area contributed by atoms with Crippen LogP contribution in [0.1, 0.15) is 11.1 Å². The molecule has 2 heteroatoms. The summed E-state index contributed by atoms with van der Waals surface area (Å²) in [4.78, 5) is 2.27. The molecule has 0 saturated heterocycles. The monoisotopic (exact) mass is 305 g/mol. The van der Waals surface area contributed by atoms with E-state index in [0.717, 1.165) is 18.7 Å². The maximum Gasteiger partial charge on any atom is 0.123 e. The summed E-state index contributed by atoms with van der Waals surface area (Å²) in [5.41, 5.74) is 2.35. The van der Waals surface area contributed by atoms with Gasteiger partial charge in [-0.15, -0.1) is 0 Å². The number of fused-ring (bicyclic) bond motifs is 1. The predicted octanol–water partition coefficient (Wildman–Crippen LogP) is 5.12. The van der Waals surface area contributed by atoms with Gasteiger partial charge in [-0.05, 0) is 41.1 Å². The zero-order chi connectivity index (χ0) is 16.1. The maximum atomic E-state index is 12.9. The molecule has 3 aromatic carbocycles. The molecule has 0 heterocycles. The average molecular weight is 305 g/mol. The van der Waals surface area contributed by atoms with E-state index >= 15 is 0 Å². The smallest absolute Gasteiger partial charge is 0.123 e. The van der Waals surface area contributed by atoms with Crippen LogP contribution in [0, 0.1) is 5.82 Å². The van der Waals surface area contributed by atoms with Gasteiger partial charge in [0.2, 0.25) is 0 Å². The van der Waals surface area contributed by atoms with Crippen LogP contribution in [0.25, 0.3) is 16.8 Å². The molecule has 0 fully saturated rings. The number of hydrogen-bond acceptors (Lipinski definition) is 1. The Labute approximate surface area is 136 Å². The molecule has 0 unspecified atom stereocenters. The number of benzene rings is 3. The molecule has 0 atom stereocenters. The zero-order valence-corrected chi connectivity index (χ0v) is 13.2. The lowest BCUT2D eigenvalue weighted by Crippen LogP contribution is -2.17. The number of likely N-dealkylation sites (N-methyl/N-ethyl adjacent to an activating group) is 1. The highest BCUT2D eigenvalue weighted by Crippen LogP contribution is 2.19. The lowest BCUT2D eigenvalue weighted by atomic mass is 10.0. The third-order valence-electron chi connectivity index (χ3n) is 3.92. The highest BCUT2D eigenvalue weighted by Gasteiger charge is 2.03. The van der Waals surface area contributed by atoms with E-state index in [1.165, 1.54) is 28.5 Å². The molecule has 0 amide bonds. The van der Waals surface area contributed by atoms with Gasteiger partial charge in [0, 0.05) is 13.1 Å². The van der Waals surface area contributed by atoms with E-state index in [2.05, 4.69) is 60.5 Å². The normalized spacial score (nSPS) is 11.6. The topological polar surface area (TPSA) is 3.24 Å². The van der Waals surface area contributed by atoms with E-state index in [4.69, 9.17) is 0 Å². The van der Waals surface area contributed by atoms with Crippen LogP contribution in [0.3, 0.4) is 0 Å². The van der Waals surface area contributed by atoms with Crippen LogP contribution in [0.15, 0.2) is 72.8 Å². The van der Waals surface area contributed by atoms with Crippen molar-refractivity contribution in [3.05, 3.63) is 89.8 Å². The first kappa shape index (κ1) is 15.4. The molecule has 3 rings (SSSR count). The van der Waals surface area contributed by atoms with Gasteiger partial charge in [-0.3, -0.25) is 4.90 Å². The van der Waals surface area contributed by atoms with Crippen molar-refractivity contribution in [1.29, 1.82) is 0 Å². The minimum atomic E-state index is -0.199. The summed E-state index contributed by atoms with van der Waals surface area (Å²) in [5, 5.41) is 2.59. The number of rotatable bonds is 5. The highest BCUT2D eigenvalue weighted by molar-refractivity contribution is 5.85. The fourth-order valence-electron chi connectivity index (χ4n) is 2.73. The first-order chi connectivity index (χ1) is 11.2. The summed E-state index contributed by atoms with van der Waals surface area (Å²) in [6, 6.07) is 21.5. The largest absolute Gasteiger partial charge is 0.298 e. The van der Waals surface area contributed by atoms with Gasteiger partial charge >= 0.3 is 0 Å². The number of halogens is 1. The summed E-state index contributed by atoms with van der Waals surface area (Å²) in [6.07, 6.45) is 4.14. The van der Waals surface area contributed by atoms with Crippen molar-refractivity contribution in [2.24, 2.45) is 0 Å². The summed E-state index contributed by atoms with van der Waals surface area (Å²) in [6.45, 7) is 1.75. The molecule has 0 radical (unpaired) electrons. The first-order valence-corrected chi connectivity index (χ1v) is 7.80. The van der Waals surface area contributed by atoms with Gasteiger partial charge in [0.05, 0.1) is 0 Å². The van der Waals surface area contributed by atoms with Crippen LogP contribution in [0.5, 0.6) is 0 Å². The van der Waals surface area contributed by atoms with Crippen LogP contribution in [0.4, 0.5) is 4.39 Å². The van der Waals surface area contributed by atoms with E-state index in [0.29, 0.717) is 0 Å². The summed E-state index contributed by atoms with van der Waals surface area (Å²) in [7, 11) is 2.11. The third kappa shape index (κ3) is 4.05. The highest BCUT2D eigenvalue weighted by atomic mass is 19.1. The van der Waals surface area contributed by atoms with Crippen molar-refractivity contribution in [2.45, 2.75) is 6.54 Å². The molecule has 23 heavy (non-hydrogen) atoms.